The van der Waals surface area contributed by atoms with Crippen molar-refractivity contribution in [2.75, 3.05) is 34.3 Å². The van der Waals surface area contributed by atoms with E-state index in [0.717, 1.165) is 12.8 Å². The van der Waals surface area contributed by atoms with E-state index in [9.17, 15) is 24.0 Å². The number of nitrogens with one attached hydrogen (secondary N) is 3. The second-order valence-corrected chi connectivity index (χ2v) is 12.6. The zero-order valence-corrected chi connectivity index (χ0v) is 25.4. The number of nitrogens with zero attached hydrogens (tertiary/aromatic N) is 2. The van der Waals surface area contributed by atoms with Crippen molar-refractivity contribution in [2.24, 2.45) is 5.92 Å². The van der Waals surface area contributed by atoms with Gasteiger partial charge in [-0.2, -0.15) is 0 Å². The molecule has 2 rings (SSSR count). The second kappa shape index (κ2) is 14.1. The van der Waals surface area contributed by atoms with Crippen LogP contribution in [0, 0.1) is 5.92 Å². The van der Waals surface area contributed by atoms with Gasteiger partial charge in [-0.3, -0.25) is 14.4 Å². The van der Waals surface area contributed by atoms with Crippen LogP contribution in [0.1, 0.15) is 79.6 Å². The van der Waals surface area contributed by atoms with Crippen molar-refractivity contribution in [1.82, 2.24) is 25.8 Å². The number of ether oxygens (including phenoxy) is 2. The Kier molecular flexibility index (Phi) is 11.8. The molecule has 0 unspecified atom stereocenters. The summed E-state index contributed by atoms with van der Waals surface area (Å²) in [6, 6.07) is -2.52. The van der Waals surface area contributed by atoms with Gasteiger partial charge in [0.05, 0.1) is 7.11 Å². The van der Waals surface area contributed by atoms with Crippen LogP contribution in [0.5, 0.6) is 0 Å². The van der Waals surface area contributed by atoms with Crippen LogP contribution in [0.3, 0.4) is 0 Å². The number of alkyl carbamates (subject to hydrolysis) is 1. The van der Waals surface area contributed by atoms with Crippen LogP contribution in [-0.4, -0.2) is 103 Å². The van der Waals surface area contributed by atoms with E-state index >= 15 is 0 Å². The number of esters is 1. The lowest BCUT2D eigenvalue weighted by Gasteiger charge is -2.34. The van der Waals surface area contributed by atoms with Gasteiger partial charge in [0.15, 0.2) is 0 Å². The molecule has 40 heavy (non-hydrogen) atoms. The molecule has 1 heterocycles. The number of carbonyl (C=O) groups is 5. The Morgan fingerprint density at radius 3 is 2.15 bits per heavy atom. The molecule has 0 spiro atoms. The molecule has 12 nitrogen and oxygen atoms in total. The normalized spacial score (nSPS) is 20.1. The summed E-state index contributed by atoms with van der Waals surface area (Å²) in [6.07, 6.45) is 3.12. The SMILES string of the molecule is COC(=O)[C@H](CC(C)C)NC(=O)C1(NC(=O)[C@H]2CCCN2C(=O)[C@H](CN(C)C)NC(=O)OC(C)(C)C)CCCC1. The number of rotatable bonds is 11. The topological polar surface area (TPSA) is 146 Å². The molecule has 0 radical (unpaired) electrons. The van der Waals surface area contributed by atoms with Crippen molar-refractivity contribution in [3.05, 3.63) is 0 Å². The molecule has 1 aliphatic heterocycles. The highest BCUT2D eigenvalue weighted by molar-refractivity contribution is 5.97. The van der Waals surface area contributed by atoms with E-state index < -0.39 is 53.1 Å². The van der Waals surface area contributed by atoms with Gasteiger partial charge in [0.2, 0.25) is 17.7 Å². The molecule has 0 aromatic carbocycles. The lowest BCUT2D eigenvalue weighted by atomic mass is 9.94. The second-order valence-electron chi connectivity index (χ2n) is 12.6. The molecule has 1 saturated carbocycles. The average Bonchev–Trinajstić information content (AvgIpc) is 3.51. The molecule has 1 aliphatic carbocycles. The Hall–Kier alpha value is -2.89. The molecule has 0 aromatic rings. The quantitative estimate of drug-likeness (QED) is 0.319. The highest BCUT2D eigenvalue weighted by Gasteiger charge is 2.47. The number of carbonyl (C=O) groups excluding carboxylic acids is 5. The number of likely N-dealkylation sites (N-methyl/N-ethyl adjacent to an activating group) is 1. The molecule has 0 bridgehead atoms. The van der Waals surface area contributed by atoms with Crippen LogP contribution in [0.15, 0.2) is 0 Å². The maximum atomic E-state index is 13.6. The van der Waals surface area contributed by atoms with Crippen molar-refractivity contribution in [1.29, 1.82) is 0 Å². The third-order valence-corrected chi connectivity index (χ3v) is 7.13. The van der Waals surface area contributed by atoms with Gasteiger partial charge in [-0.1, -0.05) is 26.7 Å². The minimum atomic E-state index is -1.17. The lowest BCUT2D eigenvalue weighted by molar-refractivity contribution is -0.147. The fraction of sp³-hybridized carbons (Fsp3) is 0.821. The van der Waals surface area contributed by atoms with Crippen LogP contribution < -0.4 is 16.0 Å². The predicted octanol–water partition coefficient (Wildman–Crippen LogP) is 1.57. The highest BCUT2D eigenvalue weighted by Crippen LogP contribution is 2.31. The zero-order valence-electron chi connectivity index (χ0n) is 25.4. The molecule has 2 fully saturated rings. The van der Waals surface area contributed by atoms with Gasteiger partial charge in [0, 0.05) is 13.1 Å². The number of methoxy groups -OCH3 is 1. The fourth-order valence-corrected chi connectivity index (χ4v) is 5.33. The summed E-state index contributed by atoms with van der Waals surface area (Å²) in [7, 11) is 4.85. The van der Waals surface area contributed by atoms with E-state index in [1.54, 1.807) is 39.8 Å². The monoisotopic (exact) mass is 567 g/mol. The van der Waals surface area contributed by atoms with Gasteiger partial charge in [-0.15, -0.1) is 0 Å². The van der Waals surface area contributed by atoms with Crippen LogP contribution in [-0.2, 0) is 28.7 Å². The van der Waals surface area contributed by atoms with Gasteiger partial charge in [-0.05, 0) is 72.9 Å². The maximum Gasteiger partial charge on any atom is 0.408 e. The zero-order chi connectivity index (χ0) is 30.3. The number of hydrogen-bond acceptors (Lipinski definition) is 8. The standard InChI is InChI=1S/C28H49N5O7/c1-18(2)16-19(24(36)39-8)29-25(37)28(13-9-10-14-28)31-22(34)21-12-11-15-33(21)23(35)20(17-32(6)7)30-26(38)40-27(3,4)5/h18-21H,9-17H2,1-8H3,(H,29,37)(H,30,38)(H,31,34)/t19-,20-,21+/m0/s1. The number of amides is 4. The van der Waals surface area contributed by atoms with E-state index in [-0.39, 0.29) is 18.4 Å². The molecule has 3 N–H and O–H groups in total. The fourth-order valence-electron chi connectivity index (χ4n) is 5.33. The molecule has 228 valence electrons. The first-order valence-electron chi connectivity index (χ1n) is 14.2. The van der Waals surface area contributed by atoms with E-state index in [1.807, 2.05) is 13.8 Å². The summed E-state index contributed by atoms with van der Waals surface area (Å²) in [5, 5.41) is 8.44. The Morgan fingerprint density at radius 2 is 1.62 bits per heavy atom. The largest absolute Gasteiger partial charge is 0.467 e. The lowest BCUT2D eigenvalue weighted by Crippen LogP contribution is -2.63. The molecule has 4 amide bonds. The van der Waals surface area contributed by atoms with Crippen molar-refractivity contribution in [3.8, 4) is 0 Å². The molecular weight excluding hydrogens is 518 g/mol. The molecule has 3 atom stereocenters. The summed E-state index contributed by atoms with van der Waals surface area (Å²) in [6.45, 7) is 9.68. The van der Waals surface area contributed by atoms with Crippen molar-refractivity contribution < 1.29 is 33.4 Å². The van der Waals surface area contributed by atoms with Crippen molar-refractivity contribution in [2.45, 2.75) is 109 Å². The Labute approximate surface area is 238 Å². The van der Waals surface area contributed by atoms with E-state index in [4.69, 9.17) is 9.47 Å². The van der Waals surface area contributed by atoms with Gasteiger partial charge < -0.3 is 35.2 Å². The number of hydrogen-bond donors (Lipinski definition) is 3. The number of likely N-dealkylation sites (tertiary alicyclic amines) is 1. The average molecular weight is 568 g/mol. The summed E-state index contributed by atoms with van der Waals surface area (Å²) in [5.41, 5.74) is -1.90. The van der Waals surface area contributed by atoms with Crippen LogP contribution in [0.4, 0.5) is 4.79 Å². The first kappa shape index (κ1) is 33.3. The molecule has 1 saturated heterocycles. The van der Waals surface area contributed by atoms with Gasteiger partial charge in [0.25, 0.3) is 0 Å². The maximum absolute atomic E-state index is 13.6. The Bertz CT molecular complexity index is 924. The Morgan fingerprint density at radius 1 is 1.00 bits per heavy atom. The van der Waals surface area contributed by atoms with Gasteiger partial charge >= 0.3 is 12.1 Å². The molecular formula is C28H49N5O7. The molecule has 12 heteroatoms. The van der Waals surface area contributed by atoms with Crippen LogP contribution >= 0.6 is 0 Å². The third-order valence-electron chi connectivity index (χ3n) is 7.13. The summed E-state index contributed by atoms with van der Waals surface area (Å²) in [5.74, 6) is -1.60. The molecule has 2 aliphatic rings. The predicted molar refractivity (Wildman–Crippen MR) is 149 cm³/mol. The summed E-state index contributed by atoms with van der Waals surface area (Å²) < 4.78 is 10.2. The minimum Gasteiger partial charge on any atom is -0.467 e. The van der Waals surface area contributed by atoms with Gasteiger partial charge in [-0.25, -0.2) is 9.59 Å². The van der Waals surface area contributed by atoms with Gasteiger partial charge in [0.1, 0.15) is 29.3 Å². The highest BCUT2D eigenvalue weighted by atomic mass is 16.6. The first-order valence-corrected chi connectivity index (χ1v) is 14.2. The summed E-state index contributed by atoms with van der Waals surface area (Å²) in [4.78, 5) is 68.9. The van der Waals surface area contributed by atoms with Crippen molar-refractivity contribution in [3.63, 3.8) is 0 Å². The van der Waals surface area contributed by atoms with Crippen molar-refractivity contribution >= 4 is 29.8 Å². The van der Waals surface area contributed by atoms with Crippen LogP contribution in [0.25, 0.3) is 0 Å². The first-order chi connectivity index (χ1) is 18.6. The molecule has 0 aromatic heterocycles. The smallest absolute Gasteiger partial charge is 0.408 e. The Balaban J connectivity index is 2.20. The van der Waals surface area contributed by atoms with E-state index in [2.05, 4.69) is 16.0 Å². The third kappa shape index (κ3) is 9.35. The minimum absolute atomic E-state index is 0.140. The van der Waals surface area contributed by atoms with Crippen LogP contribution in [0.2, 0.25) is 0 Å². The van der Waals surface area contributed by atoms with E-state index in [1.165, 1.54) is 12.0 Å². The summed E-state index contributed by atoms with van der Waals surface area (Å²) >= 11 is 0. The van der Waals surface area contributed by atoms with E-state index in [0.29, 0.717) is 38.6 Å².